The molecule has 3 aromatic rings. The Morgan fingerprint density at radius 2 is 1.93 bits per heavy atom. The van der Waals surface area contributed by atoms with Gasteiger partial charge in [0.2, 0.25) is 0 Å². The highest BCUT2D eigenvalue weighted by atomic mass is 35.5. The van der Waals surface area contributed by atoms with Gasteiger partial charge in [-0.15, -0.1) is 0 Å². The Hall–Kier alpha value is -2.15. The van der Waals surface area contributed by atoms with E-state index in [4.69, 9.17) is 11.6 Å². The maximum atomic E-state index is 12.8. The fourth-order valence-corrected chi connectivity index (χ4v) is 4.15. The van der Waals surface area contributed by atoms with Crippen molar-refractivity contribution in [1.82, 2.24) is 19.6 Å². The average molecular weight is 401 g/mol. The number of carbonyl (C=O) groups excluding carboxylic acids is 1. The first kappa shape index (κ1) is 18.2. The SMILES string of the molecule is O=C(c1cnn(Cc2ccccc2Cl)c1)N1CCN(Cc2ccsc2)CC1. The molecule has 0 N–H and O–H groups in total. The van der Waals surface area contributed by atoms with Gasteiger partial charge in [-0.3, -0.25) is 14.4 Å². The van der Waals surface area contributed by atoms with Gasteiger partial charge in [0.05, 0.1) is 18.3 Å². The van der Waals surface area contributed by atoms with Crippen molar-refractivity contribution >= 4 is 28.8 Å². The minimum Gasteiger partial charge on any atom is -0.336 e. The van der Waals surface area contributed by atoms with Crippen LogP contribution in [0.4, 0.5) is 0 Å². The molecule has 0 saturated carbocycles. The molecule has 7 heteroatoms. The summed E-state index contributed by atoms with van der Waals surface area (Å²) in [7, 11) is 0. The molecule has 3 heterocycles. The number of nitrogens with zero attached hydrogens (tertiary/aromatic N) is 4. The van der Waals surface area contributed by atoms with Gasteiger partial charge in [-0.1, -0.05) is 29.8 Å². The molecule has 2 aromatic heterocycles. The fourth-order valence-electron chi connectivity index (χ4n) is 3.29. The van der Waals surface area contributed by atoms with Crippen molar-refractivity contribution in [1.29, 1.82) is 0 Å². The Balaban J connectivity index is 1.34. The zero-order chi connectivity index (χ0) is 18.6. The van der Waals surface area contributed by atoms with Gasteiger partial charge in [0, 0.05) is 43.9 Å². The molecular weight excluding hydrogens is 380 g/mol. The van der Waals surface area contributed by atoms with Crippen LogP contribution < -0.4 is 0 Å². The predicted molar refractivity (Wildman–Crippen MR) is 108 cm³/mol. The van der Waals surface area contributed by atoms with Crippen molar-refractivity contribution in [2.45, 2.75) is 13.1 Å². The van der Waals surface area contributed by atoms with Crippen LogP contribution in [-0.2, 0) is 13.1 Å². The molecule has 0 bridgehead atoms. The summed E-state index contributed by atoms with van der Waals surface area (Å²) in [4.78, 5) is 17.1. The molecule has 1 aromatic carbocycles. The first-order chi connectivity index (χ1) is 13.2. The average Bonchev–Trinajstić information content (AvgIpc) is 3.36. The standard InChI is InChI=1S/C20H21ClN4OS/c21-19-4-2-1-3-17(19)13-25-14-18(11-22-25)20(26)24-8-6-23(7-9-24)12-16-5-10-27-15-16/h1-5,10-11,14-15H,6-9,12-13H2. The largest absolute Gasteiger partial charge is 0.336 e. The number of amides is 1. The number of halogens is 1. The molecule has 0 spiro atoms. The lowest BCUT2D eigenvalue weighted by Gasteiger charge is -2.34. The third-order valence-corrected chi connectivity index (χ3v) is 5.92. The summed E-state index contributed by atoms with van der Waals surface area (Å²) in [5.74, 6) is 0.0515. The minimum atomic E-state index is 0.0515. The second-order valence-corrected chi connectivity index (χ2v) is 7.91. The van der Waals surface area contributed by atoms with Gasteiger partial charge in [-0.25, -0.2) is 0 Å². The summed E-state index contributed by atoms with van der Waals surface area (Å²) in [6.07, 6.45) is 3.46. The molecule has 140 valence electrons. The van der Waals surface area contributed by atoms with Gasteiger partial charge in [-0.2, -0.15) is 16.4 Å². The maximum Gasteiger partial charge on any atom is 0.257 e. The van der Waals surface area contributed by atoms with E-state index >= 15 is 0 Å². The molecule has 1 amide bonds. The van der Waals surface area contributed by atoms with E-state index in [-0.39, 0.29) is 5.91 Å². The quantitative estimate of drug-likeness (QED) is 0.657. The van der Waals surface area contributed by atoms with E-state index in [0.29, 0.717) is 17.1 Å². The minimum absolute atomic E-state index is 0.0515. The number of aromatic nitrogens is 2. The molecule has 5 nitrogen and oxygen atoms in total. The van der Waals surface area contributed by atoms with Gasteiger partial charge < -0.3 is 4.90 Å². The molecule has 0 radical (unpaired) electrons. The highest BCUT2D eigenvalue weighted by Crippen LogP contribution is 2.17. The van der Waals surface area contributed by atoms with Crippen LogP contribution >= 0.6 is 22.9 Å². The van der Waals surface area contributed by atoms with Gasteiger partial charge in [0.1, 0.15) is 0 Å². The first-order valence-corrected chi connectivity index (χ1v) is 10.3. The zero-order valence-electron chi connectivity index (χ0n) is 14.9. The number of piperazine rings is 1. The number of benzene rings is 1. The Kier molecular flexibility index (Phi) is 5.57. The number of hydrogen-bond acceptors (Lipinski definition) is 4. The lowest BCUT2D eigenvalue weighted by atomic mass is 10.2. The monoisotopic (exact) mass is 400 g/mol. The van der Waals surface area contributed by atoms with E-state index < -0.39 is 0 Å². The van der Waals surface area contributed by atoms with E-state index in [1.807, 2.05) is 35.4 Å². The fraction of sp³-hybridized carbons (Fsp3) is 0.300. The lowest BCUT2D eigenvalue weighted by Crippen LogP contribution is -2.48. The summed E-state index contributed by atoms with van der Waals surface area (Å²) in [6, 6.07) is 9.85. The van der Waals surface area contributed by atoms with E-state index in [1.165, 1.54) is 5.56 Å². The van der Waals surface area contributed by atoms with Crippen LogP contribution in [0.1, 0.15) is 21.5 Å². The van der Waals surface area contributed by atoms with E-state index in [1.54, 1.807) is 22.2 Å². The molecule has 0 aliphatic carbocycles. The van der Waals surface area contributed by atoms with Gasteiger partial charge >= 0.3 is 0 Å². The molecule has 0 atom stereocenters. The Bertz CT molecular complexity index is 900. The lowest BCUT2D eigenvalue weighted by molar-refractivity contribution is 0.0628. The Labute approximate surface area is 167 Å². The van der Waals surface area contributed by atoms with Crippen LogP contribution in [0.3, 0.4) is 0 Å². The summed E-state index contributed by atoms with van der Waals surface area (Å²) in [6.45, 7) is 4.81. The van der Waals surface area contributed by atoms with Crippen LogP contribution in [-0.4, -0.2) is 51.7 Å². The van der Waals surface area contributed by atoms with Crippen LogP contribution in [0.15, 0.2) is 53.5 Å². The molecule has 1 aliphatic rings. The number of carbonyl (C=O) groups is 1. The Morgan fingerprint density at radius 1 is 1.11 bits per heavy atom. The van der Waals surface area contributed by atoms with Crippen molar-refractivity contribution in [2.24, 2.45) is 0 Å². The van der Waals surface area contributed by atoms with Crippen LogP contribution in [0.25, 0.3) is 0 Å². The third kappa shape index (κ3) is 4.40. The highest BCUT2D eigenvalue weighted by molar-refractivity contribution is 7.07. The number of rotatable bonds is 5. The van der Waals surface area contributed by atoms with Crippen molar-refractivity contribution in [2.75, 3.05) is 26.2 Å². The van der Waals surface area contributed by atoms with Gasteiger partial charge in [-0.05, 0) is 34.0 Å². The number of hydrogen-bond donors (Lipinski definition) is 0. The smallest absolute Gasteiger partial charge is 0.257 e. The van der Waals surface area contributed by atoms with Crippen LogP contribution in [0.2, 0.25) is 5.02 Å². The normalized spacial score (nSPS) is 15.2. The molecule has 27 heavy (non-hydrogen) atoms. The summed E-state index contributed by atoms with van der Waals surface area (Å²) in [5, 5.41) is 9.34. The highest BCUT2D eigenvalue weighted by Gasteiger charge is 2.23. The third-order valence-electron chi connectivity index (χ3n) is 4.82. The molecule has 4 rings (SSSR count). The molecule has 1 fully saturated rings. The topological polar surface area (TPSA) is 41.4 Å². The summed E-state index contributed by atoms with van der Waals surface area (Å²) < 4.78 is 1.77. The second kappa shape index (κ2) is 8.25. The second-order valence-electron chi connectivity index (χ2n) is 6.72. The van der Waals surface area contributed by atoms with Crippen molar-refractivity contribution in [3.8, 4) is 0 Å². The summed E-state index contributed by atoms with van der Waals surface area (Å²) >= 11 is 7.94. The number of thiophene rings is 1. The molecule has 1 saturated heterocycles. The predicted octanol–water partition coefficient (Wildman–Crippen LogP) is 3.60. The zero-order valence-corrected chi connectivity index (χ0v) is 16.5. The van der Waals surface area contributed by atoms with E-state index in [0.717, 1.165) is 38.3 Å². The maximum absolute atomic E-state index is 12.8. The van der Waals surface area contributed by atoms with Gasteiger partial charge in [0.15, 0.2) is 0 Å². The van der Waals surface area contributed by atoms with E-state index in [9.17, 15) is 4.79 Å². The van der Waals surface area contributed by atoms with Crippen molar-refractivity contribution in [3.63, 3.8) is 0 Å². The van der Waals surface area contributed by atoms with E-state index in [2.05, 4.69) is 26.8 Å². The Morgan fingerprint density at radius 3 is 2.67 bits per heavy atom. The van der Waals surface area contributed by atoms with Crippen LogP contribution in [0, 0.1) is 0 Å². The molecular formula is C20H21ClN4OS. The van der Waals surface area contributed by atoms with Crippen LogP contribution in [0.5, 0.6) is 0 Å². The van der Waals surface area contributed by atoms with Crippen molar-refractivity contribution < 1.29 is 4.79 Å². The van der Waals surface area contributed by atoms with Gasteiger partial charge in [0.25, 0.3) is 5.91 Å². The van der Waals surface area contributed by atoms with Crippen molar-refractivity contribution in [3.05, 3.63) is 75.2 Å². The first-order valence-electron chi connectivity index (χ1n) is 8.97. The molecule has 0 unspecified atom stereocenters. The molecule has 1 aliphatic heterocycles. The summed E-state index contributed by atoms with van der Waals surface area (Å²) in [5.41, 5.74) is 2.97.